The number of para-hydroxylation sites is 1. The van der Waals surface area contributed by atoms with E-state index < -0.39 is 28.5 Å². The van der Waals surface area contributed by atoms with E-state index >= 15 is 0 Å². The van der Waals surface area contributed by atoms with Crippen LogP contribution in [0.4, 0.5) is 5.69 Å². The summed E-state index contributed by atoms with van der Waals surface area (Å²) in [6.07, 6.45) is 0. The second-order valence-electron chi connectivity index (χ2n) is 4.85. The molecule has 0 bridgehead atoms. The fraction of sp³-hybridized carbons (Fsp3) is 0.125. The molecule has 0 saturated carbocycles. The van der Waals surface area contributed by atoms with Crippen LogP contribution in [0.3, 0.4) is 0 Å². The Kier molecular flexibility index (Phi) is 5.20. The van der Waals surface area contributed by atoms with Gasteiger partial charge in [-0.25, -0.2) is 13.2 Å². The summed E-state index contributed by atoms with van der Waals surface area (Å²) < 4.78 is 31.4. The van der Waals surface area contributed by atoms with Gasteiger partial charge in [-0.15, -0.1) is 0 Å². The summed E-state index contributed by atoms with van der Waals surface area (Å²) in [5, 5.41) is 0. The van der Waals surface area contributed by atoms with Crippen LogP contribution in [0.5, 0.6) is 0 Å². The van der Waals surface area contributed by atoms with Crippen molar-refractivity contribution in [1.82, 2.24) is 0 Å². The molecule has 0 fully saturated rings. The van der Waals surface area contributed by atoms with Crippen LogP contribution in [0, 0.1) is 0 Å². The van der Waals surface area contributed by atoms with Crippen molar-refractivity contribution in [3.63, 3.8) is 0 Å². The predicted molar refractivity (Wildman–Crippen MR) is 87.9 cm³/mol. The number of carbonyl (C=O) groups excluding carboxylic acids is 2. The van der Waals surface area contributed by atoms with Crippen molar-refractivity contribution in [3.05, 3.63) is 60.2 Å². The van der Waals surface area contributed by atoms with Crippen LogP contribution in [-0.2, 0) is 19.6 Å². The summed E-state index contributed by atoms with van der Waals surface area (Å²) in [5.41, 5.74) is 5.20. The topological polar surface area (TPSA) is 107 Å². The molecule has 24 heavy (non-hydrogen) atoms. The van der Waals surface area contributed by atoms with E-state index in [9.17, 15) is 18.0 Å². The van der Waals surface area contributed by atoms with Crippen LogP contribution in [-0.4, -0.2) is 33.9 Å². The number of rotatable bonds is 6. The van der Waals surface area contributed by atoms with Crippen molar-refractivity contribution < 1.29 is 22.7 Å². The maximum atomic E-state index is 12.8. The number of hydrogen-bond acceptors (Lipinski definition) is 5. The number of nitrogens with zero attached hydrogens (tertiary/aromatic N) is 1. The average Bonchev–Trinajstić information content (AvgIpc) is 2.59. The minimum atomic E-state index is -3.99. The van der Waals surface area contributed by atoms with E-state index in [0.717, 1.165) is 4.31 Å². The number of carbonyl (C=O) groups is 2. The third-order valence-electron chi connectivity index (χ3n) is 3.21. The lowest BCUT2D eigenvalue weighted by Crippen LogP contribution is -2.29. The molecule has 2 aromatic carbocycles. The normalized spacial score (nSPS) is 10.9. The van der Waals surface area contributed by atoms with Gasteiger partial charge in [0.25, 0.3) is 15.9 Å². The molecule has 0 heterocycles. The van der Waals surface area contributed by atoms with Gasteiger partial charge >= 0.3 is 5.97 Å². The molecule has 0 unspecified atom stereocenters. The number of anilines is 1. The highest BCUT2D eigenvalue weighted by molar-refractivity contribution is 7.92. The molecular weight excluding hydrogens is 332 g/mol. The highest BCUT2D eigenvalue weighted by Crippen LogP contribution is 2.24. The first-order valence-electron chi connectivity index (χ1n) is 6.92. The number of nitrogens with two attached hydrogens (primary N) is 1. The first-order valence-corrected chi connectivity index (χ1v) is 8.36. The van der Waals surface area contributed by atoms with Crippen LogP contribution < -0.4 is 10.0 Å². The molecule has 7 nitrogen and oxygen atoms in total. The van der Waals surface area contributed by atoms with E-state index in [1.54, 1.807) is 30.3 Å². The van der Waals surface area contributed by atoms with E-state index in [-0.39, 0.29) is 10.5 Å². The van der Waals surface area contributed by atoms with E-state index in [1.165, 1.54) is 31.3 Å². The molecule has 0 saturated heterocycles. The molecule has 2 N–H and O–H groups in total. The lowest BCUT2D eigenvalue weighted by molar-refractivity contribution is -0.121. The zero-order valence-electron chi connectivity index (χ0n) is 12.9. The minimum absolute atomic E-state index is 0.165. The van der Waals surface area contributed by atoms with Crippen molar-refractivity contribution in [2.24, 2.45) is 5.73 Å². The largest absolute Gasteiger partial charge is 0.452 e. The molecule has 0 aliphatic rings. The molecule has 2 rings (SSSR count). The Bertz CT molecular complexity index is 850. The predicted octanol–water partition coefficient (Wildman–Crippen LogP) is 1.15. The zero-order valence-corrected chi connectivity index (χ0v) is 13.7. The Morgan fingerprint density at radius 3 is 2.25 bits per heavy atom. The summed E-state index contributed by atoms with van der Waals surface area (Å²) in [5.74, 6) is -1.76. The lowest BCUT2D eigenvalue weighted by atomic mass is 10.2. The van der Waals surface area contributed by atoms with Gasteiger partial charge in [-0.3, -0.25) is 9.10 Å². The van der Waals surface area contributed by atoms with Crippen LogP contribution in [0.2, 0.25) is 0 Å². The number of sulfonamides is 1. The highest BCUT2D eigenvalue weighted by Gasteiger charge is 2.27. The number of hydrogen-bond donors (Lipinski definition) is 1. The fourth-order valence-electron chi connectivity index (χ4n) is 2.00. The molecule has 1 amide bonds. The SMILES string of the molecule is CN(c1ccccc1)S(=O)(=O)c1ccccc1C(=O)OCC(N)=O. The summed E-state index contributed by atoms with van der Waals surface area (Å²) in [4.78, 5) is 22.6. The van der Waals surface area contributed by atoms with Crippen LogP contribution in [0.15, 0.2) is 59.5 Å². The molecule has 0 atom stereocenters. The Balaban J connectivity index is 2.41. The second-order valence-corrected chi connectivity index (χ2v) is 6.78. The van der Waals surface area contributed by atoms with Gasteiger partial charge in [0.05, 0.1) is 11.3 Å². The van der Waals surface area contributed by atoms with Gasteiger partial charge in [0.15, 0.2) is 6.61 Å². The Labute approximate surface area is 139 Å². The number of amides is 1. The summed E-state index contributed by atoms with van der Waals surface area (Å²) in [6.45, 7) is -0.623. The molecule has 0 aromatic heterocycles. The van der Waals surface area contributed by atoms with Gasteiger partial charge in [-0.2, -0.15) is 0 Å². The smallest absolute Gasteiger partial charge is 0.340 e. The van der Waals surface area contributed by atoms with Gasteiger partial charge in [0, 0.05) is 7.05 Å². The lowest BCUT2D eigenvalue weighted by Gasteiger charge is -2.20. The van der Waals surface area contributed by atoms with Gasteiger partial charge in [-0.05, 0) is 24.3 Å². The Morgan fingerprint density at radius 1 is 1.04 bits per heavy atom. The van der Waals surface area contributed by atoms with Gasteiger partial charge in [0.1, 0.15) is 4.90 Å². The van der Waals surface area contributed by atoms with E-state index in [4.69, 9.17) is 10.5 Å². The molecule has 0 aliphatic heterocycles. The van der Waals surface area contributed by atoms with Gasteiger partial charge in [0.2, 0.25) is 0 Å². The molecule has 0 aliphatic carbocycles. The van der Waals surface area contributed by atoms with Crippen molar-refractivity contribution in [3.8, 4) is 0 Å². The molecule has 0 radical (unpaired) electrons. The second kappa shape index (κ2) is 7.14. The molecule has 126 valence electrons. The third-order valence-corrected chi connectivity index (χ3v) is 5.05. The summed E-state index contributed by atoms with van der Waals surface area (Å²) >= 11 is 0. The Hall–Kier alpha value is -2.87. The third kappa shape index (κ3) is 3.72. The molecule has 8 heteroatoms. The molecule has 0 spiro atoms. The number of ether oxygens (including phenoxy) is 1. The number of esters is 1. The molecule has 2 aromatic rings. The Morgan fingerprint density at radius 2 is 1.62 bits per heavy atom. The van der Waals surface area contributed by atoms with E-state index in [2.05, 4.69) is 0 Å². The van der Waals surface area contributed by atoms with Gasteiger partial charge in [-0.1, -0.05) is 30.3 Å². The van der Waals surface area contributed by atoms with Crippen LogP contribution in [0.1, 0.15) is 10.4 Å². The highest BCUT2D eigenvalue weighted by atomic mass is 32.2. The van der Waals surface area contributed by atoms with Crippen molar-refractivity contribution in [2.75, 3.05) is 18.0 Å². The maximum Gasteiger partial charge on any atom is 0.340 e. The van der Waals surface area contributed by atoms with E-state index in [0.29, 0.717) is 5.69 Å². The summed E-state index contributed by atoms with van der Waals surface area (Å²) in [7, 11) is -2.60. The first kappa shape index (κ1) is 17.5. The summed E-state index contributed by atoms with van der Waals surface area (Å²) in [6, 6.07) is 14.0. The van der Waals surface area contributed by atoms with Crippen LogP contribution >= 0.6 is 0 Å². The zero-order chi connectivity index (χ0) is 17.7. The van der Waals surface area contributed by atoms with E-state index in [1.807, 2.05) is 0 Å². The first-order chi connectivity index (χ1) is 11.3. The minimum Gasteiger partial charge on any atom is -0.452 e. The van der Waals surface area contributed by atoms with Crippen LogP contribution in [0.25, 0.3) is 0 Å². The van der Waals surface area contributed by atoms with Crippen molar-refractivity contribution >= 4 is 27.6 Å². The fourth-order valence-corrected chi connectivity index (χ4v) is 3.37. The quantitative estimate of drug-likeness (QED) is 0.788. The maximum absolute atomic E-state index is 12.8. The number of benzene rings is 2. The van der Waals surface area contributed by atoms with Gasteiger partial charge < -0.3 is 10.5 Å². The number of primary amides is 1. The standard InChI is InChI=1S/C16H16N2O5S/c1-18(12-7-3-2-4-8-12)24(21,22)14-10-6-5-9-13(14)16(20)23-11-15(17)19/h2-10H,11H2,1H3,(H2,17,19). The molecular formula is C16H16N2O5S. The van der Waals surface area contributed by atoms with Crippen molar-refractivity contribution in [2.45, 2.75) is 4.90 Å². The monoisotopic (exact) mass is 348 g/mol. The van der Waals surface area contributed by atoms with Crippen molar-refractivity contribution in [1.29, 1.82) is 0 Å². The average molecular weight is 348 g/mol.